The molecular formula is C90H57B3N3O6+. The van der Waals surface area contributed by atoms with E-state index >= 15 is 0 Å². The predicted molar refractivity (Wildman–Crippen MR) is 411 cm³/mol. The summed E-state index contributed by atoms with van der Waals surface area (Å²) in [5.74, 6) is 10.6. The molecule has 7 aliphatic heterocycles. The summed E-state index contributed by atoms with van der Waals surface area (Å²) < 4.78 is 45.8. The van der Waals surface area contributed by atoms with Crippen LogP contribution in [0.3, 0.4) is 0 Å². The summed E-state index contributed by atoms with van der Waals surface area (Å²) in [7, 11) is 0. The minimum atomic E-state index is 0.0777. The summed E-state index contributed by atoms with van der Waals surface area (Å²) in [6, 6.07) is 114. The maximum atomic E-state index is 6.54. The lowest BCUT2D eigenvalue weighted by molar-refractivity contribution is -0.469. The van der Waals surface area contributed by atoms with E-state index in [9.17, 15) is 0 Å². The molecule has 7 aliphatic rings. The zero-order valence-electron chi connectivity index (χ0n) is 54.9. The first-order chi connectivity index (χ1) is 50.6. The van der Waals surface area contributed by atoms with Crippen LogP contribution in [-0.2, 0) is 0 Å². The molecule has 14 aromatic carbocycles. The van der Waals surface area contributed by atoms with Crippen LogP contribution < -0.4 is 77.6 Å². The number of para-hydroxylation sites is 8. The van der Waals surface area contributed by atoms with E-state index < -0.39 is 0 Å². The van der Waals surface area contributed by atoms with Crippen LogP contribution >= 0.6 is 0 Å². The molecule has 0 bridgehead atoms. The van der Waals surface area contributed by atoms with Crippen molar-refractivity contribution in [2.75, 3.05) is 0 Å². The number of nitrogens with zero attached hydrogens (tertiary/aromatic N) is 3. The lowest BCUT2D eigenvalue weighted by atomic mass is 9.35. The maximum Gasteiger partial charge on any atom is 0.260 e. The van der Waals surface area contributed by atoms with Crippen molar-refractivity contribution in [3.05, 3.63) is 350 Å². The fourth-order valence-electron chi connectivity index (χ4n) is 16.6. The summed E-state index contributed by atoms with van der Waals surface area (Å²) >= 11 is 0. The largest absolute Gasteiger partial charge is 0.458 e. The molecule has 0 saturated heterocycles. The van der Waals surface area contributed by atoms with Crippen molar-refractivity contribution in [2.24, 2.45) is 0 Å². The lowest BCUT2D eigenvalue weighted by Crippen LogP contribution is -2.57. The molecule has 0 radical (unpaired) electrons. The van der Waals surface area contributed by atoms with Gasteiger partial charge in [0, 0.05) is 68.9 Å². The van der Waals surface area contributed by atoms with Gasteiger partial charge in [-0.1, -0.05) is 224 Å². The van der Waals surface area contributed by atoms with Crippen LogP contribution in [0.5, 0.6) is 69.0 Å². The van der Waals surface area contributed by atoms with Gasteiger partial charge in [0.1, 0.15) is 69.0 Å². The van der Waals surface area contributed by atoms with Crippen LogP contribution in [0, 0.1) is 0 Å². The molecular weight excluding hydrogens is 1250 g/mol. The van der Waals surface area contributed by atoms with Crippen LogP contribution in [-0.4, -0.2) is 40.1 Å². The molecule has 23 rings (SSSR count). The molecule has 0 spiro atoms. The van der Waals surface area contributed by atoms with Crippen molar-refractivity contribution in [3.8, 4) is 91.6 Å². The summed E-state index contributed by atoms with van der Waals surface area (Å²) in [6.07, 6.45) is 4.34. The van der Waals surface area contributed by atoms with E-state index in [0.29, 0.717) is 0 Å². The first-order valence-electron chi connectivity index (χ1n) is 34.7. The molecule has 0 fully saturated rings. The smallest absolute Gasteiger partial charge is 0.260 e. The first kappa shape index (κ1) is 57.9. The minimum absolute atomic E-state index is 0.0777. The third kappa shape index (κ3) is 9.26. The third-order valence-corrected chi connectivity index (χ3v) is 21.0. The molecule has 0 aliphatic carbocycles. The molecule has 12 heteroatoms. The minimum Gasteiger partial charge on any atom is -0.458 e. The summed E-state index contributed by atoms with van der Waals surface area (Å²) in [5.41, 5.74) is 21.8. The van der Waals surface area contributed by atoms with Crippen molar-refractivity contribution in [2.45, 2.75) is 6.04 Å². The zero-order valence-corrected chi connectivity index (χ0v) is 54.9. The van der Waals surface area contributed by atoms with E-state index in [1.54, 1.807) is 0 Å². The van der Waals surface area contributed by atoms with Gasteiger partial charge in [-0.25, -0.2) is 0 Å². The van der Waals surface area contributed by atoms with E-state index in [1.165, 1.54) is 60.2 Å². The zero-order chi connectivity index (χ0) is 66.9. The Morgan fingerprint density at radius 3 is 1.15 bits per heavy atom. The fraction of sp³-hybridized carbons (Fsp3) is 0.0111. The van der Waals surface area contributed by atoms with Crippen molar-refractivity contribution in [1.82, 2.24) is 9.13 Å². The number of rotatable bonds is 5. The van der Waals surface area contributed by atoms with Gasteiger partial charge in [-0.05, 0) is 110 Å². The molecule has 0 saturated carbocycles. The molecule has 102 heavy (non-hydrogen) atoms. The molecule has 0 N–H and O–H groups in total. The molecule has 1 unspecified atom stereocenters. The van der Waals surface area contributed by atoms with Crippen molar-refractivity contribution < 1.29 is 33.0 Å². The Bertz CT molecular complexity index is 5950. The first-order valence-corrected chi connectivity index (χ1v) is 34.7. The SMILES string of the molecule is C1=[N+](c2cc3c4c(c2)Oc2ccccc2B4c2ccccc2O3)C(c2ccccc2)c2ccccc21.c1ccc(-c2cc3ccccc3n2-c2cc3c4c(c2)Oc2ccccc2B4c2ccccc2O3)cc1.c1ccc2c(c1)Oc1cc(-n3ccc4ccccc43)cc3c1B2c1ccccc1O3. The molecule has 9 nitrogen and oxygen atoms in total. The Hall–Kier alpha value is -13.2. The fourth-order valence-corrected chi connectivity index (χ4v) is 16.6. The predicted octanol–water partition coefficient (Wildman–Crippen LogP) is 15.7. The molecule has 1 atom stereocenters. The summed E-state index contributed by atoms with van der Waals surface area (Å²) in [6.45, 7) is 0.276. The van der Waals surface area contributed by atoms with Gasteiger partial charge < -0.3 is 37.6 Å². The topological polar surface area (TPSA) is 68.2 Å². The second-order valence-electron chi connectivity index (χ2n) is 26.7. The monoisotopic (exact) mass is 1310 g/mol. The second-order valence-corrected chi connectivity index (χ2v) is 26.7. The van der Waals surface area contributed by atoms with Gasteiger partial charge in [0.05, 0.1) is 40.2 Å². The molecule has 9 heterocycles. The van der Waals surface area contributed by atoms with Gasteiger partial charge in [0.15, 0.2) is 6.21 Å². The van der Waals surface area contributed by atoms with Gasteiger partial charge in [-0.2, -0.15) is 4.58 Å². The van der Waals surface area contributed by atoms with Gasteiger partial charge in [-0.15, -0.1) is 0 Å². The normalized spacial score (nSPS) is 14.1. The standard InChI is InChI=1S/C32H20BNO2.C32H21BNO2.C26H16BNO2/c1-2-10-21(11-3-1)27-18-22-12-4-7-15-26(22)34(27)23-19-30-32-31(20-23)36-29-17-9-6-14-25(29)33(32)24-13-5-8-16-28(24)35-30;1-2-10-21(11-3-1)32-24-13-5-4-12-22(24)20-34(32)23-18-29-31-30(19-23)36-28-17-9-7-15-26(28)33(31)25-14-6-8-16-27(25)35-29;1-4-10-21-17(7-1)13-14-28(21)18-15-24-26-25(16-18)30-23-12-6-3-9-20(23)27(26)19-8-2-5-11-22(19)29-24/h1-20H;1-20,32H;1-16H/q;+1;. The average molecular weight is 1310 g/mol. The number of benzene rings is 14. The second kappa shape index (κ2) is 23.2. The number of aromatic nitrogens is 2. The number of ether oxygens (including phenoxy) is 6. The summed E-state index contributed by atoms with van der Waals surface area (Å²) in [4.78, 5) is 0. The van der Waals surface area contributed by atoms with Crippen molar-refractivity contribution >= 4 is 103 Å². The van der Waals surface area contributed by atoms with Gasteiger partial charge in [-0.3, -0.25) is 0 Å². The van der Waals surface area contributed by atoms with Crippen LogP contribution in [0.2, 0.25) is 0 Å². The molecule has 2 aromatic heterocycles. The number of hydrogen-bond donors (Lipinski definition) is 0. The van der Waals surface area contributed by atoms with E-state index in [0.717, 1.165) is 125 Å². The lowest BCUT2D eigenvalue weighted by Gasteiger charge is -2.33. The van der Waals surface area contributed by atoms with Crippen molar-refractivity contribution in [1.29, 1.82) is 0 Å². The number of hydrogen-bond acceptors (Lipinski definition) is 6. The Labute approximate surface area is 589 Å². The van der Waals surface area contributed by atoms with E-state index in [4.69, 9.17) is 28.4 Å². The molecule has 16 aromatic rings. The Kier molecular flexibility index (Phi) is 13.2. The Morgan fingerprint density at radius 1 is 0.294 bits per heavy atom. The van der Waals surface area contributed by atoms with E-state index in [2.05, 4.69) is 305 Å². The van der Waals surface area contributed by atoms with Crippen LogP contribution in [0.4, 0.5) is 5.69 Å². The quantitative estimate of drug-likeness (QED) is 0.126. The van der Waals surface area contributed by atoms with Crippen molar-refractivity contribution in [3.63, 3.8) is 0 Å². The van der Waals surface area contributed by atoms with Crippen LogP contribution in [0.15, 0.2) is 334 Å². The van der Waals surface area contributed by atoms with Gasteiger partial charge in [0.2, 0.25) is 11.7 Å². The maximum absolute atomic E-state index is 6.54. The highest BCUT2D eigenvalue weighted by atomic mass is 16.5. The van der Waals surface area contributed by atoms with Crippen LogP contribution in [0.25, 0.3) is 44.4 Å². The van der Waals surface area contributed by atoms with E-state index in [-0.39, 0.29) is 26.2 Å². The van der Waals surface area contributed by atoms with Crippen LogP contribution in [0.1, 0.15) is 22.7 Å². The molecule has 476 valence electrons. The summed E-state index contributed by atoms with van der Waals surface area (Å²) in [5, 5.41) is 2.40. The highest BCUT2D eigenvalue weighted by Gasteiger charge is 2.45. The highest BCUT2D eigenvalue weighted by molar-refractivity contribution is 6.99. The highest BCUT2D eigenvalue weighted by Crippen LogP contribution is 2.45. The average Bonchev–Trinajstić information content (AvgIpc) is 0.828. The molecule has 0 amide bonds. The van der Waals surface area contributed by atoms with E-state index in [1.807, 2.05) is 48.5 Å². The third-order valence-electron chi connectivity index (χ3n) is 21.0. The van der Waals surface area contributed by atoms with Gasteiger partial charge >= 0.3 is 0 Å². The van der Waals surface area contributed by atoms with Gasteiger partial charge in [0.25, 0.3) is 20.1 Å². The Balaban J connectivity index is 0.0000001000. The Morgan fingerprint density at radius 2 is 0.667 bits per heavy atom. The number of fused-ring (bicyclic) bond motifs is 15.